The van der Waals surface area contributed by atoms with Crippen molar-refractivity contribution in [3.8, 4) is 0 Å². The van der Waals surface area contributed by atoms with E-state index in [9.17, 15) is 43.9 Å². The number of fused-ring (bicyclic) bond motifs is 1. The lowest BCUT2D eigenvalue weighted by molar-refractivity contribution is -0.193. The number of piperidine rings is 1. The summed E-state index contributed by atoms with van der Waals surface area (Å²) >= 11 is 0. The Bertz CT molecular complexity index is 1010. The third-order valence-electron chi connectivity index (χ3n) is 5.86. The molecule has 0 spiro atoms. The van der Waals surface area contributed by atoms with E-state index in [1.807, 2.05) is 0 Å². The molecule has 0 bridgehead atoms. The molecule has 2 aliphatic heterocycles. The lowest BCUT2D eigenvalue weighted by Crippen LogP contribution is -2.50. The Kier molecular flexibility index (Phi) is 15.2. The lowest BCUT2D eigenvalue weighted by Gasteiger charge is -2.40. The van der Waals surface area contributed by atoms with Gasteiger partial charge in [0.2, 0.25) is 5.95 Å². The summed E-state index contributed by atoms with van der Waals surface area (Å²) in [6.45, 7) is 7.65. The highest BCUT2D eigenvalue weighted by Gasteiger charge is 2.45. The van der Waals surface area contributed by atoms with E-state index < -0.39 is 36.4 Å². The minimum Gasteiger partial charge on any atom is -0.475 e. The number of likely N-dealkylation sites (tertiary alicyclic amines) is 1. The first-order chi connectivity index (χ1) is 19.8. The van der Waals surface area contributed by atoms with Crippen LogP contribution < -0.4 is 4.90 Å². The maximum atomic E-state index is 13.0. The van der Waals surface area contributed by atoms with Crippen LogP contribution in [0.25, 0.3) is 0 Å². The van der Waals surface area contributed by atoms with Crippen LogP contribution in [0.3, 0.4) is 0 Å². The zero-order valence-corrected chi connectivity index (χ0v) is 23.6. The predicted octanol–water partition coefficient (Wildman–Crippen LogP) is 3.75. The van der Waals surface area contributed by atoms with Crippen molar-refractivity contribution in [1.29, 1.82) is 0 Å². The normalized spacial score (nSPS) is 20.4. The van der Waals surface area contributed by atoms with Gasteiger partial charge in [0.05, 0.1) is 12.4 Å². The highest BCUT2D eigenvalue weighted by molar-refractivity contribution is 5.73. The molecule has 1 aromatic rings. The van der Waals surface area contributed by atoms with Crippen molar-refractivity contribution in [2.45, 2.75) is 63.3 Å². The molecule has 2 aliphatic rings. The van der Waals surface area contributed by atoms with Gasteiger partial charge in [-0.05, 0) is 46.7 Å². The highest BCUT2D eigenvalue weighted by Crippen LogP contribution is 2.38. The van der Waals surface area contributed by atoms with Gasteiger partial charge in [0.25, 0.3) is 0 Å². The zero-order chi connectivity index (χ0) is 34.8. The van der Waals surface area contributed by atoms with Crippen molar-refractivity contribution in [2.24, 2.45) is 5.92 Å². The molecule has 11 nitrogen and oxygen atoms in total. The minimum atomic E-state index is -5.08. The molecule has 3 N–H and O–H groups in total. The molecule has 254 valence electrons. The zero-order valence-electron chi connectivity index (χ0n) is 23.6. The van der Waals surface area contributed by atoms with E-state index in [2.05, 4.69) is 52.6 Å². The third kappa shape index (κ3) is 14.3. The van der Waals surface area contributed by atoms with Crippen molar-refractivity contribution in [3.05, 3.63) is 18.2 Å². The number of halogens is 10. The van der Waals surface area contributed by atoms with Crippen LogP contribution in [0.15, 0.2) is 12.4 Å². The van der Waals surface area contributed by atoms with E-state index in [1.54, 1.807) is 0 Å². The number of rotatable bonds is 4. The fourth-order valence-corrected chi connectivity index (χ4v) is 4.43. The van der Waals surface area contributed by atoms with Gasteiger partial charge in [-0.25, -0.2) is 28.7 Å². The topological polar surface area (TPSA) is 147 Å². The Morgan fingerprint density at radius 1 is 0.886 bits per heavy atom. The molecule has 0 aromatic carbocycles. The lowest BCUT2D eigenvalue weighted by atomic mass is 9.92. The molecule has 3 atom stereocenters. The van der Waals surface area contributed by atoms with Gasteiger partial charge in [0.1, 0.15) is 0 Å². The van der Waals surface area contributed by atoms with Crippen LogP contribution in [0.2, 0.25) is 0 Å². The average Bonchev–Trinajstić information content (AvgIpc) is 3.20. The van der Waals surface area contributed by atoms with Crippen molar-refractivity contribution >= 4 is 23.9 Å². The van der Waals surface area contributed by atoms with Crippen molar-refractivity contribution in [2.75, 3.05) is 38.6 Å². The van der Waals surface area contributed by atoms with Crippen LogP contribution in [0, 0.1) is 11.7 Å². The van der Waals surface area contributed by atoms with E-state index in [0.717, 1.165) is 26.1 Å². The molecule has 0 radical (unpaired) electrons. The summed E-state index contributed by atoms with van der Waals surface area (Å²) in [6.07, 6.45) is -10.4. The van der Waals surface area contributed by atoms with Gasteiger partial charge in [-0.1, -0.05) is 0 Å². The van der Waals surface area contributed by atoms with Gasteiger partial charge in [-0.3, -0.25) is 4.90 Å². The molecule has 0 aliphatic carbocycles. The van der Waals surface area contributed by atoms with E-state index in [1.165, 1.54) is 18.8 Å². The summed E-state index contributed by atoms with van der Waals surface area (Å²) in [5.74, 6) is -7.34. The fourth-order valence-electron chi connectivity index (χ4n) is 4.43. The Balaban J connectivity index is 0.000000721. The van der Waals surface area contributed by atoms with Crippen LogP contribution in [-0.4, -0.2) is 123 Å². The highest BCUT2D eigenvalue weighted by atomic mass is 19.4. The molecule has 44 heavy (non-hydrogen) atoms. The number of aromatic nitrogens is 2. The second-order valence-electron chi connectivity index (χ2n) is 9.86. The van der Waals surface area contributed by atoms with Gasteiger partial charge in [-0.15, -0.1) is 0 Å². The quantitative estimate of drug-likeness (QED) is 0.405. The summed E-state index contributed by atoms with van der Waals surface area (Å²) < 4.78 is 108. The van der Waals surface area contributed by atoms with Crippen molar-refractivity contribution in [3.63, 3.8) is 0 Å². The first-order valence-corrected chi connectivity index (χ1v) is 12.3. The molecule has 0 unspecified atom stereocenters. The Morgan fingerprint density at radius 2 is 1.27 bits per heavy atom. The van der Waals surface area contributed by atoms with E-state index in [-0.39, 0.29) is 5.82 Å². The maximum Gasteiger partial charge on any atom is 0.490 e. The molecule has 0 saturated carbocycles. The third-order valence-corrected chi connectivity index (χ3v) is 5.86. The molecule has 0 amide bonds. The number of carboxylic acids is 3. The van der Waals surface area contributed by atoms with E-state index >= 15 is 0 Å². The smallest absolute Gasteiger partial charge is 0.475 e. The van der Waals surface area contributed by atoms with Crippen molar-refractivity contribution < 1.29 is 73.6 Å². The number of alkyl halides is 9. The number of aliphatic carboxylic acids is 3. The number of likely N-dealkylation sites (N-methyl/N-ethyl adjacent to an activating group) is 1. The maximum absolute atomic E-state index is 13.0. The molecular weight excluding hydrogens is 632 g/mol. The number of nitrogens with zero attached hydrogens (tertiary/aromatic N) is 5. The fraction of sp³-hybridized carbons (Fsp3) is 0.696. The summed E-state index contributed by atoms with van der Waals surface area (Å²) in [5.41, 5.74) is 0. The number of anilines is 1. The van der Waals surface area contributed by atoms with Crippen molar-refractivity contribution in [1.82, 2.24) is 19.8 Å². The first-order valence-electron chi connectivity index (χ1n) is 12.3. The molecule has 2 saturated heterocycles. The molecule has 1 aromatic heterocycles. The molecule has 21 heteroatoms. The summed E-state index contributed by atoms with van der Waals surface area (Å²) in [5, 5.41) is 21.4. The van der Waals surface area contributed by atoms with E-state index in [4.69, 9.17) is 29.7 Å². The SMILES string of the molecule is CC(C)N1[C@H](CN(C)C)C[C@@H]2CN(c3ncc(F)cn3)CC[C@@H]21.O=C(O)C(F)(F)F.O=C(O)C(F)(F)F.O=C(O)C(F)(F)F. The monoisotopic (exact) mass is 663 g/mol. The number of hydrogen-bond donors (Lipinski definition) is 3. The Labute approximate surface area is 244 Å². The van der Waals surface area contributed by atoms with Crippen LogP contribution in [0.5, 0.6) is 0 Å². The van der Waals surface area contributed by atoms with Gasteiger partial charge in [0, 0.05) is 37.8 Å². The summed E-state index contributed by atoms with van der Waals surface area (Å²) in [7, 11) is 4.30. The minimum absolute atomic E-state index is 0.374. The van der Waals surface area contributed by atoms with Gasteiger partial charge >= 0.3 is 36.4 Å². The molecular formula is C23H31F10N5O6. The molecule has 2 fully saturated rings. The first kappa shape index (κ1) is 40.5. The van der Waals surface area contributed by atoms with E-state index in [0.29, 0.717) is 30.0 Å². The second kappa shape index (κ2) is 16.5. The van der Waals surface area contributed by atoms with Crippen LogP contribution >= 0.6 is 0 Å². The predicted molar refractivity (Wildman–Crippen MR) is 131 cm³/mol. The van der Waals surface area contributed by atoms with Crippen LogP contribution in [0.1, 0.15) is 26.7 Å². The molecule has 3 rings (SSSR count). The Morgan fingerprint density at radius 3 is 1.59 bits per heavy atom. The number of carbonyl (C=O) groups is 3. The average molecular weight is 664 g/mol. The summed E-state index contributed by atoms with van der Waals surface area (Å²) in [4.78, 5) is 42.2. The number of carboxylic acid groups (broad SMARTS) is 3. The largest absolute Gasteiger partial charge is 0.490 e. The second-order valence-corrected chi connectivity index (χ2v) is 9.86. The van der Waals surface area contributed by atoms with Gasteiger partial charge in [-0.2, -0.15) is 39.5 Å². The molecule has 3 heterocycles. The standard InChI is InChI=1S/C17H28FN5.3C2HF3O2/c1-12(2)23-15(11-21(3)4)7-13-10-22(6-5-16(13)23)17-19-8-14(18)9-20-17;3*3-2(4,5)1(6)7/h8-9,12-13,15-16H,5-7,10-11H2,1-4H3;3*(H,6,7)/t13-,15+,16+;;;/m1.../s1. The number of hydrogen-bond acceptors (Lipinski definition) is 8. The van der Waals surface area contributed by atoms with Gasteiger partial charge < -0.3 is 25.1 Å². The van der Waals surface area contributed by atoms with Crippen LogP contribution in [0.4, 0.5) is 49.9 Å². The Hall–Kier alpha value is -3.49. The van der Waals surface area contributed by atoms with Gasteiger partial charge in [0.15, 0.2) is 5.82 Å². The van der Waals surface area contributed by atoms with Crippen LogP contribution in [-0.2, 0) is 14.4 Å². The summed E-state index contributed by atoms with van der Waals surface area (Å²) in [6, 6.07) is 1.84.